The van der Waals surface area contributed by atoms with Crippen molar-refractivity contribution >= 4 is 10.9 Å². The summed E-state index contributed by atoms with van der Waals surface area (Å²) in [6.07, 6.45) is 1.83. The van der Waals surface area contributed by atoms with E-state index < -0.39 is 0 Å². The Kier molecular flexibility index (Phi) is 4.99. The summed E-state index contributed by atoms with van der Waals surface area (Å²) in [6.45, 7) is 5.43. The van der Waals surface area contributed by atoms with E-state index >= 15 is 0 Å². The molecule has 0 aliphatic rings. The third kappa shape index (κ3) is 3.67. The Morgan fingerprint density at radius 2 is 1.79 bits per heavy atom. The van der Waals surface area contributed by atoms with Crippen LogP contribution in [-0.2, 0) is 6.54 Å². The maximum absolute atomic E-state index is 12.3. The molecule has 0 saturated carbocycles. The molecule has 0 atom stereocenters. The first kappa shape index (κ1) is 16.3. The largest absolute Gasteiger partial charge is 0.494 e. The minimum atomic E-state index is 0.0748. The van der Waals surface area contributed by atoms with Crippen molar-refractivity contribution in [3.05, 3.63) is 76.1 Å². The van der Waals surface area contributed by atoms with Crippen molar-refractivity contribution in [2.45, 2.75) is 33.2 Å². The van der Waals surface area contributed by atoms with Gasteiger partial charge in [0.15, 0.2) is 0 Å². The van der Waals surface area contributed by atoms with Gasteiger partial charge in [0.05, 0.1) is 12.1 Å². The number of benzene rings is 2. The van der Waals surface area contributed by atoms with E-state index in [2.05, 4.69) is 19.1 Å². The van der Waals surface area contributed by atoms with Crippen molar-refractivity contribution in [2.75, 3.05) is 6.61 Å². The molecule has 0 spiro atoms. The van der Waals surface area contributed by atoms with Gasteiger partial charge in [-0.05, 0) is 56.0 Å². The molecular formula is C21H23NO2. The second kappa shape index (κ2) is 7.35. The maximum atomic E-state index is 12.3. The van der Waals surface area contributed by atoms with Crippen LogP contribution in [0.1, 0.15) is 24.0 Å². The zero-order valence-corrected chi connectivity index (χ0v) is 14.3. The van der Waals surface area contributed by atoms with Crippen molar-refractivity contribution in [3.63, 3.8) is 0 Å². The summed E-state index contributed by atoms with van der Waals surface area (Å²) < 4.78 is 7.64. The summed E-state index contributed by atoms with van der Waals surface area (Å²) in [5, 5.41) is 1.15. The van der Waals surface area contributed by atoms with Crippen LogP contribution in [-0.4, -0.2) is 11.2 Å². The summed E-state index contributed by atoms with van der Waals surface area (Å²) in [4.78, 5) is 12.3. The van der Waals surface area contributed by atoms with Gasteiger partial charge in [-0.1, -0.05) is 30.3 Å². The highest BCUT2D eigenvalue weighted by atomic mass is 16.5. The van der Waals surface area contributed by atoms with Crippen LogP contribution >= 0.6 is 0 Å². The molecule has 0 saturated heterocycles. The molecule has 0 aliphatic carbocycles. The van der Waals surface area contributed by atoms with Crippen molar-refractivity contribution in [3.8, 4) is 5.75 Å². The van der Waals surface area contributed by atoms with Crippen molar-refractivity contribution in [1.82, 2.24) is 4.57 Å². The van der Waals surface area contributed by atoms with Crippen LogP contribution in [0.5, 0.6) is 5.75 Å². The van der Waals surface area contributed by atoms with Crippen molar-refractivity contribution in [2.24, 2.45) is 0 Å². The quantitative estimate of drug-likeness (QED) is 0.627. The van der Waals surface area contributed by atoms with Gasteiger partial charge in [-0.25, -0.2) is 0 Å². The highest BCUT2D eigenvalue weighted by Gasteiger charge is 2.05. The Morgan fingerprint density at radius 1 is 0.958 bits per heavy atom. The van der Waals surface area contributed by atoms with Crippen LogP contribution in [0.25, 0.3) is 10.9 Å². The van der Waals surface area contributed by atoms with Gasteiger partial charge in [0, 0.05) is 18.0 Å². The molecule has 1 aromatic heterocycles. The van der Waals surface area contributed by atoms with E-state index in [9.17, 15) is 4.79 Å². The first-order valence-corrected chi connectivity index (χ1v) is 8.44. The first-order valence-electron chi connectivity index (χ1n) is 8.44. The molecular weight excluding hydrogens is 298 g/mol. The third-order valence-electron chi connectivity index (χ3n) is 4.26. The molecule has 124 valence electrons. The molecule has 24 heavy (non-hydrogen) atoms. The average Bonchev–Trinajstić information content (AvgIpc) is 2.57. The number of aryl methyl sites for hydroxylation is 3. The van der Waals surface area contributed by atoms with Gasteiger partial charge in [-0.2, -0.15) is 0 Å². The average molecular weight is 321 g/mol. The molecule has 3 aromatic rings. The predicted octanol–water partition coefficient (Wildman–Crippen LogP) is 4.48. The molecule has 0 aliphatic heterocycles. The van der Waals surface area contributed by atoms with Gasteiger partial charge in [0.25, 0.3) is 5.56 Å². The van der Waals surface area contributed by atoms with Crippen LogP contribution in [0.15, 0.2) is 59.4 Å². The number of fused-ring (bicyclic) bond motifs is 1. The highest BCUT2D eigenvalue weighted by molar-refractivity contribution is 5.82. The second-order valence-electron chi connectivity index (χ2n) is 6.21. The normalized spacial score (nSPS) is 10.9. The first-order chi connectivity index (χ1) is 11.6. The van der Waals surface area contributed by atoms with Crippen molar-refractivity contribution in [1.29, 1.82) is 0 Å². The van der Waals surface area contributed by atoms with Gasteiger partial charge in [0.2, 0.25) is 0 Å². The lowest BCUT2D eigenvalue weighted by Crippen LogP contribution is -2.20. The highest BCUT2D eigenvalue weighted by Crippen LogP contribution is 2.16. The van der Waals surface area contributed by atoms with Crippen LogP contribution in [0.4, 0.5) is 0 Å². The fourth-order valence-corrected chi connectivity index (χ4v) is 3.00. The number of hydrogen-bond donors (Lipinski definition) is 0. The van der Waals surface area contributed by atoms with Gasteiger partial charge < -0.3 is 9.30 Å². The summed E-state index contributed by atoms with van der Waals surface area (Å²) in [6, 6.07) is 17.9. The molecule has 2 aromatic carbocycles. The summed E-state index contributed by atoms with van der Waals surface area (Å²) in [5.41, 5.74) is 3.33. The fraction of sp³-hybridized carbons (Fsp3) is 0.286. The van der Waals surface area contributed by atoms with Crippen LogP contribution in [0.3, 0.4) is 0 Å². The van der Waals surface area contributed by atoms with Gasteiger partial charge in [-0.3, -0.25) is 4.79 Å². The topological polar surface area (TPSA) is 31.2 Å². The number of aromatic nitrogens is 1. The number of rotatable bonds is 6. The number of para-hydroxylation sites is 1. The SMILES string of the molecule is Cc1cccc(OCCCCn2c(=O)cc(C)c3ccccc32)c1. The minimum absolute atomic E-state index is 0.0748. The van der Waals surface area contributed by atoms with Gasteiger partial charge >= 0.3 is 0 Å². The van der Waals surface area contributed by atoms with E-state index in [-0.39, 0.29) is 5.56 Å². The Labute approximate surface area is 142 Å². The number of hydrogen-bond acceptors (Lipinski definition) is 2. The van der Waals surface area contributed by atoms with E-state index in [1.165, 1.54) is 5.56 Å². The van der Waals surface area contributed by atoms with E-state index in [0.717, 1.165) is 41.6 Å². The maximum Gasteiger partial charge on any atom is 0.251 e. The molecule has 1 heterocycles. The lowest BCUT2D eigenvalue weighted by atomic mass is 10.1. The zero-order chi connectivity index (χ0) is 16.9. The van der Waals surface area contributed by atoms with Gasteiger partial charge in [0.1, 0.15) is 5.75 Å². The zero-order valence-electron chi connectivity index (χ0n) is 14.3. The molecule has 3 heteroatoms. The summed E-state index contributed by atoms with van der Waals surface area (Å²) >= 11 is 0. The number of unbranched alkanes of at least 4 members (excludes halogenated alkanes) is 1. The fourth-order valence-electron chi connectivity index (χ4n) is 3.00. The molecule has 3 rings (SSSR count). The molecule has 0 amide bonds. The Hall–Kier alpha value is -2.55. The standard InChI is InChI=1S/C21H23NO2/c1-16-8-7-9-18(14-16)24-13-6-5-12-22-20-11-4-3-10-19(20)17(2)15-21(22)23/h3-4,7-11,14-15H,5-6,12-13H2,1-2H3. The molecule has 3 nitrogen and oxygen atoms in total. The second-order valence-corrected chi connectivity index (χ2v) is 6.21. The van der Waals surface area contributed by atoms with Crippen LogP contribution < -0.4 is 10.3 Å². The third-order valence-corrected chi connectivity index (χ3v) is 4.26. The number of ether oxygens (including phenoxy) is 1. The summed E-state index contributed by atoms with van der Waals surface area (Å²) in [7, 11) is 0. The monoisotopic (exact) mass is 321 g/mol. The Morgan fingerprint density at radius 3 is 2.62 bits per heavy atom. The van der Waals surface area contributed by atoms with Crippen LogP contribution in [0.2, 0.25) is 0 Å². The van der Waals surface area contributed by atoms with E-state index in [4.69, 9.17) is 4.74 Å². The predicted molar refractivity (Wildman–Crippen MR) is 98.9 cm³/mol. The smallest absolute Gasteiger partial charge is 0.251 e. The molecule has 0 bridgehead atoms. The van der Waals surface area contributed by atoms with E-state index in [0.29, 0.717) is 6.61 Å². The molecule has 0 unspecified atom stereocenters. The van der Waals surface area contributed by atoms with Crippen molar-refractivity contribution < 1.29 is 4.74 Å². The lowest BCUT2D eigenvalue weighted by molar-refractivity contribution is 0.303. The number of pyridine rings is 1. The van der Waals surface area contributed by atoms with E-state index in [1.807, 2.05) is 47.9 Å². The molecule has 0 fully saturated rings. The summed E-state index contributed by atoms with van der Waals surface area (Å²) in [5.74, 6) is 0.910. The molecule has 0 radical (unpaired) electrons. The minimum Gasteiger partial charge on any atom is -0.494 e. The van der Waals surface area contributed by atoms with Gasteiger partial charge in [-0.15, -0.1) is 0 Å². The lowest BCUT2D eigenvalue weighted by Gasteiger charge is -2.12. The van der Waals surface area contributed by atoms with E-state index in [1.54, 1.807) is 6.07 Å². The molecule has 0 N–H and O–H groups in total. The number of nitrogens with zero attached hydrogens (tertiary/aromatic N) is 1. The Balaban J connectivity index is 1.61. The van der Waals surface area contributed by atoms with Crippen LogP contribution in [0, 0.1) is 13.8 Å². The Bertz CT molecular complexity index is 896.